The van der Waals surface area contributed by atoms with Crippen LogP contribution in [0.1, 0.15) is 59.2 Å². The molecule has 0 unspecified atom stereocenters. The van der Waals surface area contributed by atoms with E-state index in [-0.39, 0.29) is 17.4 Å². The Balaban J connectivity index is 1.22. The molecule has 1 aromatic carbocycles. The van der Waals surface area contributed by atoms with Crippen molar-refractivity contribution in [3.8, 4) is 11.4 Å². The van der Waals surface area contributed by atoms with Crippen LogP contribution >= 0.6 is 0 Å². The predicted molar refractivity (Wildman–Crippen MR) is 129 cm³/mol. The van der Waals surface area contributed by atoms with Crippen molar-refractivity contribution in [1.29, 1.82) is 0 Å². The average molecular weight is 480 g/mol. The zero-order chi connectivity index (χ0) is 24.4. The lowest BCUT2D eigenvalue weighted by Gasteiger charge is -2.47. The summed E-state index contributed by atoms with van der Waals surface area (Å²) in [4.78, 5) is 11.2. The van der Waals surface area contributed by atoms with Gasteiger partial charge in [-0.25, -0.2) is 9.37 Å². The molecule has 2 fully saturated rings. The van der Waals surface area contributed by atoms with Crippen LogP contribution in [0.4, 0.5) is 21.8 Å². The van der Waals surface area contributed by atoms with E-state index in [0.29, 0.717) is 34.9 Å². The predicted octanol–water partition coefficient (Wildman–Crippen LogP) is 3.78. The fraction of sp³-hybridized carbons (Fsp3) is 0.542. The lowest BCUT2D eigenvalue weighted by Crippen LogP contribution is -2.55. The van der Waals surface area contributed by atoms with Gasteiger partial charge in [-0.3, -0.25) is 4.90 Å². The van der Waals surface area contributed by atoms with Gasteiger partial charge in [-0.2, -0.15) is 9.67 Å². The van der Waals surface area contributed by atoms with Crippen LogP contribution in [-0.2, 0) is 5.60 Å². The number of ether oxygens (including phenoxy) is 1. The van der Waals surface area contributed by atoms with Gasteiger partial charge in [-0.1, -0.05) is 0 Å². The van der Waals surface area contributed by atoms with Gasteiger partial charge in [-0.15, -0.1) is 5.10 Å². The lowest BCUT2D eigenvalue weighted by atomic mass is 9.84. The molecule has 6 rings (SSSR count). The van der Waals surface area contributed by atoms with Gasteiger partial charge in [0.05, 0.1) is 6.20 Å². The summed E-state index contributed by atoms with van der Waals surface area (Å²) in [6.45, 7) is 9.54. The zero-order valence-electron chi connectivity index (χ0n) is 20.4. The van der Waals surface area contributed by atoms with E-state index in [2.05, 4.69) is 54.9 Å². The number of hydrogen-bond donors (Lipinski definition) is 2. The van der Waals surface area contributed by atoms with E-state index in [4.69, 9.17) is 4.74 Å². The molecular weight excluding hydrogens is 449 g/mol. The van der Waals surface area contributed by atoms with Gasteiger partial charge >= 0.3 is 0 Å². The summed E-state index contributed by atoms with van der Waals surface area (Å²) >= 11 is 0. The lowest BCUT2D eigenvalue weighted by molar-refractivity contribution is 0.0500. The van der Waals surface area contributed by atoms with E-state index in [1.54, 1.807) is 4.68 Å². The van der Waals surface area contributed by atoms with Crippen LogP contribution < -0.4 is 15.4 Å². The quantitative estimate of drug-likeness (QED) is 0.578. The van der Waals surface area contributed by atoms with E-state index in [0.717, 1.165) is 19.4 Å². The number of rotatable bonds is 4. The second-order valence-corrected chi connectivity index (χ2v) is 10.8. The molecule has 35 heavy (non-hydrogen) atoms. The Hall–Kier alpha value is -3.34. The number of tetrazole rings is 1. The molecule has 2 atom stereocenters. The van der Waals surface area contributed by atoms with Crippen LogP contribution in [0.25, 0.3) is 5.69 Å². The summed E-state index contributed by atoms with van der Waals surface area (Å²) in [5.41, 5.74) is 0.859. The van der Waals surface area contributed by atoms with E-state index in [1.165, 1.54) is 19.0 Å². The fourth-order valence-corrected chi connectivity index (χ4v) is 5.86. The minimum Gasteiger partial charge on any atom is -0.478 e. The number of halogens is 1. The van der Waals surface area contributed by atoms with Crippen LogP contribution in [0.3, 0.4) is 0 Å². The fourth-order valence-electron chi connectivity index (χ4n) is 5.86. The SMILES string of the molecule is CC1(C)Oc2ccc(Nc3ncc(F)c(N[C@@H]4C[C@@H]5CCCN5C(C)(C)C4)n3)cc2-n2nnnc21. The number of nitrogens with zero attached hydrogens (tertiary/aromatic N) is 7. The van der Waals surface area contributed by atoms with Crippen molar-refractivity contribution in [2.45, 2.75) is 76.6 Å². The highest BCUT2D eigenvalue weighted by Crippen LogP contribution is 2.40. The smallest absolute Gasteiger partial charge is 0.229 e. The van der Waals surface area contributed by atoms with Crippen molar-refractivity contribution in [1.82, 2.24) is 35.1 Å². The standard InChI is InChI=1S/C24H30FN9O/c1-23(2)12-15(10-16-6-5-9-33(16)23)27-20-17(25)13-26-22(29-20)28-14-7-8-19-18(11-14)34-21(30-31-32-34)24(3,4)35-19/h7-8,11,13,15-16H,5-6,9-10,12H2,1-4H3,(H2,26,27,28,29)/t15-,16+/m1/s1. The molecule has 3 aliphatic rings. The van der Waals surface area contributed by atoms with Crippen LogP contribution in [-0.4, -0.2) is 59.2 Å². The molecule has 10 nitrogen and oxygen atoms in total. The van der Waals surface area contributed by atoms with E-state index < -0.39 is 11.4 Å². The summed E-state index contributed by atoms with van der Waals surface area (Å²) in [5, 5.41) is 18.6. The number of nitrogens with one attached hydrogen (secondary N) is 2. The van der Waals surface area contributed by atoms with E-state index in [1.807, 2.05) is 32.0 Å². The maximum Gasteiger partial charge on any atom is 0.229 e. The van der Waals surface area contributed by atoms with Crippen molar-refractivity contribution in [2.24, 2.45) is 0 Å². The first-order chi connectivity index (χ1) is 16.7. The number of aromatic nitrogens is 6. The molecule has 0 bridgehead atoms. The summed E-state index contributed by atoms with van der Waals surface area (Å²) in [7, 11) is 0. The Bertz CT molecular complexity index is 1270. The Morgan fingerprint density at radius 3 is 2.91 bits per heavy atom. The van der Waals surface area contributed by atoms with E-state index in [9.17, 15) is 4.39 Å². The highest BCUT2D eigenvalue weighted by atomic mass is 19.1. The van der Waals surface area contributed by atoms with Gasteiger partial charge in [0.25, 0.3) is 0 Å². The molecule has 2 saturated heterocycles. The Morgan fingerprint density at radius 1 is 1.20 bits per heavy atom. The van der Waals surface area contributed by atoms with Gasteiger partial charge in [0.15, 0.2) is 23.1 Å². The Kier molecular flexibility index (Phi) is 4.96. The molecule has 2 N–H and O–H groups in total. The van der Waals surface area contributed by atoms with Gasteiger partial charge in [0.1, 0.15) is 11.4 Å². The molecule has 0 saturated carbocycles. The Morgan fingerprint density at radius 2 is 2.06 bits per heavy atom. The number of fused-ring (bicyclic) bond motifs is 4. The molecule has 2 aromatic heterocycles. The van der Waals surface area contributed by atoms with Crippen molar-refractivity contribution in [3.63, 3.8) is 0 Å². The monoisotopic (exact) mass is 479 g/mol. The molecule has 0 amide bonds. The van der Waals surface area contributed by atoms with Gasteiger partial charge in [0, 0.05) is 23.3 Å². The highest BCUT2D eigenvalue weighted by Gasteiger charge is 2.43. The van der Waals surface area contributed by atoms with Crippen LogP contribution in [0.5, 0.6) is 5.75 Å². The first-order valence-corrected chi connectivity index (χ1v) is 12.1. The molecular formula is C24H30FN9O. The summed E-state index contributed by atoms with van der Waals surface area (Å²) in [6.07, 6.45) is 5.56. The normalized spacial score (nSPS) is 24.1. The van der Waals surface area contributed by atoms with Crippen LogP contribution in [0.15, 0.2) is 24.4 Å². The number of hydrogen-bond acceptors (Lipinski definition) is 9. The zero-order valence-corrected chi connectivity index (χ0v) is 20.4. The van der Waals surface area contributed by atoms with Gasteiger partial charge in [0.2, 0.25) is 5.95 Å². The maximum atomic E-state index is 14.7. The molecule has 3 aliphatic heterocycles. The number of benzene rings is 1. The van der Waals surface area contributed by atoms with Crippen molar-refractivity contribution < 1.29 is 9.13 Å². The molecule has 0 aliphatic carbocycles. The minimum absolute atomic E-state index is 0.0799. The molecule has 3 aromatic rings. The maximum absolute atomic E-state index is 14.7. The summed E-state index contributed by atoms with van der Waals surface area (Å²) in [5.74, 6) is 1.36. The third-order valence-electron chi connectivity index (χ3n) is 7.36. The summed E-state index contributed by atoms with van der Waals surface area (Å²) < 4.78 is 22.4. The third kappa shape index (κ3) is 3.87. The number of piperidine rings is 1. The second kappa shape index (κ2) is 7.84. The van der Waals surface area contributed by atoms with E-state index >= 15 is 0 Å². The summed E-state index contributed by atoms with van der Waals surface area (Å²) in [6, 6.07) is 6.27. The first kappa shape index (κ1) is 22.1. The van der Waals surface area contributed by atoms with Gasteiger partial charge in [-0.05, 0) is 88.5 Å². The third-order valence-corrected chi connectivity index (χ3v) is 7.36. The molecule has 11 heteroatoms. The second-order valence-electron chi connectivity index (χ2n) is 10.8. The minimum atomic E-state index is -0.644. The van der Waals surface area contributed by atoms with Crippen molar-refractivity contribution in [2.75, 3.05) is 17.2 Å². The van der Waals surface area contributed by atoms with Crippen molar-refractivity contribution >= 4 is 17.5 Å². The largest absolute Gasteiger partial charge is 0.478 e. The highest BCUT2D eigenvalue weighted by molar-refractivity contribution is 5.63. The number of anilines is 3. The van der Waals surface area contributed by atoms with Crippen molar-refractivity contribution in [3.05, 3.63) is 36.0 Å². The average Bonchev–Trinajstić information content (AvgIpc) is 3.47. The first-order valence-electron chi connectivity index (χ1n) is 12.1. The Labute approximate surface area is 203 Å². The molecule has 0 spiro atoms. The molecule has 5 heterocycles. The van der Waals surface area contributed by atoms with Crippen LogP contribution in [0, 0.1) is 5.82 Å². The van der Waals surface area contributed by atoms with Crippen LogP contribution in [0.2, 0.25) is 0 Å². The van der Waals surface area contributed by atoms with Gasteiger partial charge < -0.3 is 15.4 Å². The molecule has 0 radical (unpaired) electrons. The topological polar surface area (TPSA) is 106 Å². The molecule has 184 valence electrons.